The van der Waals surface area contributed by atoms with Crippen LogP contribution in [0.25, 0.3) is 0 Å². The van der Waals surface area contributed by atoms with Crippen LogP contribution < -0.4 is 30.4 Å². The van der Waals surface area contributed by atoms with Crippen molar-refractivity contribution < 1.29 is 60.0 Å². The van der Waals surface area contributed by atoms with Crippen molar-refractivity contribution in [1.82, 2.24) is 9.44 Å². The van der Waals surface area contributed by atoms with Crippen molar-refractivity contribution in [3.8, 4) is 0 Å². The minimum atomic E-state index is -4.99. The lowest BCUT2D eigenvalue weighted by Crippen LogP contribution is -2.35. The fraction of sp³-hybridized carbons (Fsp3) is 0.250. The number of anilines is 2. The van der Waals surface area contributed by atoms with E-state index in [1.165, 1.54) is 0 Å². The number of primary sulfonamides is 2. The highest BCUT2D eigenvalue weighted by Gasteiger charge is 2.40. The first kappa shape index (κ1) is 31.8. The van der Waals surface area contributed by atoms with Gasteiger partial charge in [0, 0.05) is 0 Å². The fourth-order valence-electron chi connectivity index (χ4n) is 3.37. The van der Waals surface area contributed by atoms with Gasteiger partial charge >= 0.3 is 12.4 Å². The number of nitrogens with two attached hydrogens (primary N) is 2. The van der Waals surface area contributed by atoms with Crippen molar-refractivity contribution >= 4 is 51.5 Å². The monoisotopic (exact) mass is 662 g/mol. The minimum Gasteiger partial charge on any atom is -0.370 e. The molecule has 0 saturated carbocycles. The first-order valence-electron chi connectivity index (χ1n) is 9.89. The molecule has 2 aromatic carbocycles. The van der Waals surface area contributed by atoms with Gasteiger partial charge in [-0.2, -0.15) is 35.8 Å². The second-order valence-electron chi connectivity index (χ2n) is 7.78. The van der Waals surface area contributed by atoms with Crippen LogP contribution >= 0.6 is 0 Å². The number of hydrogen-bond donors (Lipinski definition) is 6. The van der Waals surface area contributed by atoms with E-state index in [1.54, 1.807) is 0 Å². The van der Waals surface area contributed by atoms with E-state index in [1.807, 2.05) is 9.44 Å². The summed E-state index contributed by atoms with van der Waals surface area (Å²) in [7, 11) is -17.7. The average Bonchev–Trinajstić information content (AvgIpc) is 2.75. The number of rotatable bonds is 2. The number of fused-ring (bicyclic) bond motifs is 2. The highest BCUT2D eigenvalue weighted by Crippen LogP contribution is 2.40. The number of sulfonamides is 4. The Morgan fingerprint density at radius 2 is 0.925 bits per heavy atom. The number of halogens is 6. The molecule has 0 atom stereocenters. The van der Waals surface area contributed by atoms with E-state index in [-0.39, 0.29) is 24.7 Å². The van der Waals surface area contributed by atoms with Crippen molar-refractivity contribution in [2.45, 2.75) is 31.9 Å². The van der Waals surface area contributed by atoms with E-state index in [2.05, 4.69) is 10.6 Å². The lowest BCUT2D eigenvalue weighted by atomic mass is 10.2. The van der Waals surface area contributed by atoms with E-state index >= 15 is 0 Å². The molecule has 0 bridgehead atoms. The van der Waals surface area contributed by atoms with Gasteiger partial charge in [0.15, 0.2) is 0 Å². The normalized spacial score (nSPS) is 18.2. The lowest BCUT2D eigenvalue weighted by molar-refractivity contribution is -0.140. The molecule has 0 spiro atoms. The Kier molecular flexibility index (Phi) is 7.92. The van der Waals surface area contributed by atoms with Crippen LogP contribution in [-0.4, -0.2) is 47.0 Å². The van der Waals surface area contributed by atoms with Crippen LogP contribution in [-0.2, 0) is 52.4 Å². The second-order valence-corrected chi connectivity index (χ2v) is 14.3. The Labute approximate surface area is 222 Å². The molecule has 0 unspecified atom stereocenters. The Morgan fingerprint density at radius 3 is 1.18 bits per heavy atom. The Bertz CT molecular complexity index is 1680. The molecular formula is C16H16F6N6O8S4. The molecule has 4 rings (SSSR count). The summed E-state index contributed by atoms with van der Waals surface area (Å²) in [4.78, 5) is -3.81. The predicted octanol–water partition coefficient (Wildman–Crippen LogP) is 0.0282. The SMILES string of the molecule is NS(=O)(=O)c1cc2c(cc1C(F)(F)F)NCNS2(=O)=O.NS(=O)(=O)c1cc2c(cc1C(F)(F)F)NCNS2(=O)=O. The van der Waals surface area contributed by atoms with Crippen LogP contribution in [0.5, 0.6) is 0 Å². The maximum Gasteiger partial charge on any atom is 0.417 e. The first-order valence-corrected chi connectivity index (χ1v) is 15.9. The van der Waals surface area contributed by atoms with Crippen LogP contribution in [0.4, 0.5) is 37.7 Å². The number of benzene rings is 2. The molecule has 2 aliphatic rings. The smallest absolute Gasteiger partial charge is 0.370 e. The van der Waals surface area contributed by atoms with Gasteiger partial charge in [0.05, 0.1) is 45.6 Å². The summed E-state index contributed by atoms with van der Waals surface area (Å²) < 4.78 is 173. The average molecular weight is 663 g/mol. The standard InChI is InChI=1S/2C8H8F3N3O4S2/c2*9-8(10,11)4-1-5-7(2-6(4)19(12,15)16)20(17,18)14-3-13-5/h2*1-2,13-14H,3H2,(H2,12,15,16). The molecule has 2 aromatic rings. The third-order valence-corrected chi connectivity index (χ3v) is 9.83. The van der Waals surface area contributed by atoms with Crippen molar-refractivity contribution in [3.05, 3.63) is 35.4 Å². The van der Waals surface area contributed by atoms with Crippen LogP contribution in [0, 0.1) is 0 Å². The largest absolute Gasteiger partial charge is 0.417 e. The molecule has 40 heavy (non-hydrogen) atoms. The fourth-order valence-corrected chi connectivity index (χ4v) is 7.26. The molecule has 0 aliphatic carbocycles. The molecule has 2 aliphatic heterocycles. The van der Waals surface area contributed by atoms with Crippen molar-refractivity contribution in [2.75, 3.05) is 24.0 Å². The summed E-state index contributed by atoms with van der Waals surface area (Å²) in [5, 5.41) is 14.2. The molecule has 2 heterocycles. The van der Waals surface area contributed by atoms with Crippen molar-refractivity contribution in [2.24, 2.45) is 10.3 Å². The summed E-state index contributed by atoms with van der Waals surface area (Å²) in [6, 6.07) is 1.60. The van der Waals surface area contributed by atoms with Gasteiger partial charge < -0.3 is 10.6 Å². The summed E-state index contributed by atoms with van der Waals surface area (Å²) in [6.07, 6.45) is -9.99. The van der Waals surface area contributed by atoms with Gasteiger partial charge in [-0.25, -0.2) is 43.9 Å². The minimum absolute atomic E-state index is 0.304. The topological polar surface area (TPSA) is 237 Å². The van der Waals surface area contributed by atoms with Crippen LogP contribution in [0.3, 0.4) is 0 Å². The van der Waals surface area contributed by atoms with E-state index < -0.39 is 83.2 Å². The van der Waals surface area contributed by atoms with Crippen LogP contribution in [0.2, 0.25) is 0 Å². The maximum atomic E-state index is 12.8. The number of nitrogens with one attached hydrogen (secondary N) is 4. The quantitative estimate of drug-likeness (QED) is 0.236. The molecule has 14 nitrogen and oxygen atoms in total. The van der Waals surface area contributed by atoms with Gasteiger partial charge in [0.25, 0.3) is 0 Å². The summed E-state index contributed by atoms with van der Waals surface area (Å²) in [6.45, 7) is -0.608. The molecule has 0 saturated heterocycles. The van der Waals surface area contributed by atoms with Crippen molar-refractivity contribution in [1.29, 1.82) is 0 Å². The molecule has 8 N–H and O–H groups in total. The zero-order chi connectivity index (χ0) is 30.7. The highest BCUT2D eigenvalue weighted by molar-refractivity contribution is 7.90. The van der Waals surface area contributed by atoms with Gasteiger partial charge in [-0.15, -0.1) is 0 Å². The first-order chi connectivity index (χ1) is 17.9. The third-order valence-electron chi connectivity index (χ3n) is 5.05. The van der Waals surface area contributed by atoms with Gasteiger partial charge in [-0.3, -0.25) is 0 Å². The third kappa shape index (κ3) is 6.59. The second kappa shape index (κ2) is 9.97. The molecule has 0 aromatic heterocycles. The van der Waals surface area contributed by atoms with Crippen molar-refractivity contribution in [3.63, 3.8) is 0 Å². The van der Waals surface area contributed by atoms with E-state index in [9.17, 15) is 60.0 Å². The van der Waals surface area contributed by atoms with Gasteiger partial charge in [-0.05, 0) is 24.3 Å². The summed E-state index contributed by atoms with van der Waals surface area (Å²) in [5.41, 5.74) is -3.74. The van der Waals surface area contributed by atoms with E-state index in [0.717, 1.165) is 0 Å². The van der Waals surface area contributed by atoms with E-state index in [0.29, 0.717) is 24.3 Å². The Hall–Kier alpha value is -2.74. The molecule has 0 radical (unpaired) electrons. The maximum absolute atomic E-state index is 12.8. The van der Waals surface area contributed by atoms with Crippen LogP contribution in [0.1, 0.15) is 11.1 Å². The highest BCUT2D eigenvalue weighted by atomic mass is 32.2. The van der Waals surface area contributed by atoms with Gasteiger partial charge in [0.2, 0.25) is 40.1 Å². The molecular weight excluding hydrogens is 646 g/mol. The molecule has 224 valence electrons. The number of hydrogen-bond acceptors (Lipinski definition) is 10. The summed E-state index contributed by atoms with van der Waals surface area (Å²) in [5.74, 6) is 0. The van der Waals surface area contributed by atoms with E-state index in [4.69, 9.17) is 10.3 Å². The lowest BCUT2D eigenvalue weighted by Gasteiger charge is -2.22. The number of alkyl halides is 6. The van der Waals surface area contributed by atoms with Gasteiger partial charge in [-0.1, -0.05) is 0 Å². The molecule has 0 fully saturated rings. The zero-order valence-corrected chi connectivity index (χ0v) is 22.3. The Morgan fingerprint density at radius 1 is 0.625 bits per heavy atom. The van der Waals surface area contributed by atoms with Crippen LogP contribution in [0.15, 0.2) is 43.8 Å². The predicted molar refractivity (Wildman–Crippen MR) is 123 cm³/mol. The molecule has 0 amide bonds. The summed E-state index contributed by atoms with van der Waals surface area (Å²) >= 11 is 0. The van der Waals surface area contributed by atoms with Gasteiger partial charge in [0.1, 0.15) is 9.79 Å². The zero-order valence-electron chi connectivity index (χ0n) is 19.0. The molecule has 24 heteroatoms. The Balaban J connectivity index is 0.000000220.